The predicted molar refractivity (Wildman–Crippen MR) is 110 cm³/mol. The van der Waals surface area contributed by atoms with E-state index in [2.05, 4.69) is 37.9 Å². The van der Waals surface area contributed by atoms with Crippen LogP contribution in [0.4, 0.5) is 11.4 Å². The molecule has 1 saturated heterocycles. The van der Waals surface area contributed by atoms with E-state index in [1.807, 2.05) is 24.3 Å². The Morgan fingerprint density at radius 2 is 1.86 bits per heavy atom. The zero-order valence-electron chi connectivity index (χ0n) is 16.4. The van der Waals surface area contributed by atoms with Gasteiger partial charge in [-0.1, -0.05) is 6.07 Å². The summed E-state index contributed by atoms with van der Waals surface area (Å²) in [5.74, 6) is 0.365. The van der Waals surface area contributed by atoms with Crippen molar-refractivity contribution in [3.8, 4) is 11.4 Å². The Labute approximate surface area is 169 Å². The first kappa shape index (κ1) is 18.9. The smallest absolute Gasteiger partial charge is 0.265 e. The fraction of sp³-hybridized carbons (Fsp3) is 0.333. The maximum Gasteiger partial charge on any atom is 0.265 e. The highest BCUT2D eigenvalue weighted by atomic mass is 16.5. The van der Waals surface area contributed by atoms with Crippen molar-refractivity contribution in [3.63, 3.8) is 0 Å². The van der Waals surface area contributed by atoms with Crippen LogP contribution in [0.25, 0.3) is 5.69 Å². The number of rotatable bonds is 6. The molecule has 1 aliphatic rings. The molecule has 0 aliphatic carbocycles. The van der Waals surface area contributed by atoms with Gasteiger partial charge in [0, 0.05) is 30.5 Å². The van der Waals surface area contributed by atoms with Crippen LogP contribution in [0.15, 0.2) is 54.9 Å². The van der Waals surface area contributed by atoms with Gasteiger partial charge in [0.05, 0.1) is 5.69 Å². The van der Waals surface area contributed by atoms with Gasteiger partial charge in [0.2, 0.25) is 0 Å². The minimum absolute atomic E-state index is 0.205. The number of amides is 1. The zero-order chi connectivity index (χ0) is 20.1. The first-order chi connectivity index (χ1) is 14.2. The molecule has 1 aliphatic heterocycles. The minimum atomic E-state index is -0.652. The lowest BCUT2D eigenvalue weighted by atomic mass is 10.1. The fourth-order valence-electron chi connectivity index (χ4n) is 3.39. The van der Waals surface area contributed by atoms with Crippen LogP contribution in [-0.2, 0) is 4.79 Å². The van der Waals surface area contributed by atoms with Crippen molar-refractivity contribution >= 4 is 17.3 Å². The summed E-state index contributed by atoms with van der Waals surface area (Å²) in [6.07, 6.45) is 4.63. The quantitative estimate of drug-likeness (QED) is 0.694. The van der Waals surface area contributed by atoms with Gasteiger partial charge in [-0.3, -0.25) is 4.79 Å². The van der Waals surface area contributed by atoms with Crippen LogP contribution in [-0.4, -0.2) is 45.3 Å². The molecule has 0 radical (unpaired) electrons. The summed E-state index contributed by atoms with van der Waals surface area (Å²) < 4.78 is 7.33. The molecule has 0 saturated carbocycles. The molecule has 1 atom stereocenters. The molecule has 1 aromatic heterocycles. The number of nitrogens with zero attached hydrogens (tertiary/aromatic N) is 5. The third kappa shape index (κ3) is 4.71. The van der Waals surface area contributed by atoms with E-state index in [0.717, 1.165) is 24.5 Å². The summed E-state index contributed by atoms with van der Waals surface area (Å²) in [4.78, 5) is 14.9. The third-order valence-corrected chi connectivity index (χ3v) is 4.97. The SMILES string of the molecule is CC(Oc1cccc(-n2cnnn2)c1)C(=O)Nc1ccc(N2CCCCC2)cc1. The van der Waals surface area contributed by atoms with E-state index in [0.29, 0.717) is 5.75 Å². The van der Waals surface area contributed by atoms with Gasteiger partial charge in [0.25, 0.3) is 5.91 Å². The number of benzene rings is 2. The Morgan fingerprint density at radius 3 is 2.59 bits per heavy atom. The van der Waals surface area contributed by atoms with Crippen molar-refractivity contribution < 1.29 is 9.53 Å². The molecule has 3 aromatic rings. The highest BCUT2D eigenvalue weighted by Crippen LogP contribution is 2.22. The number of nitrogens with one attached hydrogen (secondary N) is 1. The number of ether oxygens (including phenoxy) is 1. The first-order valence-corrected chi connectivity index (χ1v) is 9.85. The molecular weight excluding hydrogens is 368 g/mol. The molecule has 4 rings (SSSR count). The van der Waals surface area contributed by atoms with Gasteiger partial charge in [-0.2, -0.15) is 0 Å². The number of hydrogen-bond donors (Lipinski definition) is 1. The molecule has 1 fully saturated rings. The second kappa shape index (κ2) is 8.72. The van der Waals surface area contributed by atoms with Crippen molar-refractivity contribution in [3.05, 3.63) is 54.9 Å². The van der Waals surface area contributed by atoms with E-state index in [9.17, 15) is 4.79 Å². The Hall–Kier alpha value is -3.42. The van der Waals surface area contributed by atoms with Crippen molar-refractivity contribution in [2.24, 2.45) is 0 Å². The van der Waals surface area contributed by atoms with Gasteiger partial charge in [0.15, 0.2) is 6.10 Å². The predicted octanol–water partition coefficient (Wildman–Crippen LogP) is 3.06. The summed E-state index contributed by atoms with van der Waals surface area (Å²) in [7, 11) is 0. The van der Waals surface area contributed by atoms with Crippen LogP contribution in [0.2, 0.25) is 0 Å². The third-order valence-electron chi connectivity index (χ3n) is 4.97. The van der Waals surface area contributed by atoms with Crippen LogP contribution >= 0.6 is 0 Å². The monoisotopic (exact) mass is 392 g/mol. The molecule has 2 heterocycles. The molecule has 150 valence electrons. The summed E-state index contributed by atoms with van der Waals surface area (Å²) in [6.45, 7) is 3.92. The van der Waals surface area contributed by atoms with E-state index >= 15 is 0 Å². The van der Waals surface area contributed by atoms with Crippen LogP contribution in [0, 0.1) is 0 Å². The van der Waals surface area contributed by atoms with Crippen LogP contribution in [0.1, 0.15) is 26.2 Å². The first-order valence-electron chi connectivity index (χ1n) is 9.85. The topological polar surface area (TPSA) is 85.2 Å². The molecule has 8 nitrogen and oxygen atoms in total. The average Bonchev–Trinajstić information content (AvgIpc) is 3.30. The standard InChI is InChI=1S/C21H24N6O2/c1-16(29-20-7-5-6-19(14-20)27-15-22-24-25-27)21(28)23-17-8-10-18(11-9-17)26-12-3-2-4-13-26/h5-11,14-16H,2-4,12-13H2,1H3,(H,23,28). The number of tetrazole rings is 1. The largest absolute Gasteiger partial charge is 0.481 e. The van der Waals surface area contributed by atoms with E-state index in [-0.39, 0.29) is 5.91 Å². The Kier molecular flexibility index (Phi) is 5.69. The second-order valence-electron chi connectivity index (χ2n) is 7.10. The average molecular weight is 392 g/mol. The van der Waals surface area contributed by atoms with Crippen LogP contribution in [0.3, 0.4) is 0 Å². The fourth-order valence-corrected chi connectivity index (χ4v) is 3.39. The maximum atomic E-state index is 12.5. The lowest BCUT2D eigenvalue weighted by Gasteiger charge is -2.28. The number of carbonyl (C=O) groups excluding carboxylic acids is 1. The normalized spacial score (nSPS) is 15.0. The highest BCUT2D eigenvalue weighted by Gasteiger charge is 2.16. The summed E-state index contributed by atoms with van der Waals surface area (Å²) in [5.41, 5.74) is 2.72. The molecular formula is C21H24N6O2. The van der Waals surface area contributed by atoms with Gasteiger partial charge in [0.1, 0.15) is 12.1 Å². The molecule has 0 spiro atoms. The van der Waals surface area contributed by atoms with Crippen molar-refractivity contribution in [2.45, 2.75) is 32.3 Å². The van der Waals surface area contributed by atoms with Gasteiger partial charge in [-0.05, 0) is 73.0 Å². The van der Waals surface area contributed by atoms with Gasteiger partial charge < -0.3 is 15.0 Å². The Bertz CT molecular complexity index is 936. The molecule has 1 N–H and O–H groups in total. The highest BCUT2D eigenvalue weighted by molar-refractivity contribution is 5.94. The number of aromatic nitrogens is 4. The van der Waals surface area contributed by atoms with Crippen molar-refractivity contribution in [1.29, 1.82) is 0 Å². The maximum absolute atomic E-state index is 12.5. The number of anilines is 2. The zero-order valence-corrected chi connectivity index (χ0v) is 16.4. The van der Waals surface area contributed by atoms with Crippen molar-refractivity contribution in [1.82, 2.24) is 20.2 Å². The van der Waals surface area contributed by atoms with Crippen molar-refractivity contribution in [2.75, 3.05) is 23.3 Å². The van der Waals surface area contributed by atoms with Gasteiger partial charge >= 0.3 is 0 Å². The van der Waals surface area contributed by atoms with E-state index in [1.165, 1.54) is 36.0 Å². The molecule has 29 heavy (non-hydrogen) atoms. The number of carbonyl (C=O) groups is 1. The van der Waals surface area contributed by atoms with Crippen LogP contribution < -0.4 is 15.0 Å². The van der Waals surface area contributed by atoms with E-state index < -0.39 is 6.10 Å². The lowest BCUT2D eigenvalue weighted by Crippen LogP contribution is -2.30. The summed E-state index contributed by atoms with van der Waals surface area (Å²) >= 11 is 0. The summed E-state index contributed by atoms with van der Waals surface area (Å²) in [6, 6.07) is 15.3. The van der Waals surface area contributed by atoms with Gasteiger partial charge in [-0.15, -0.1) is 5.10 Å². The minimum Gasteiger partial charge on any atom is -0.481 e. The Balaban J connectivity index is 1.35. The molecule has 1 unspecified atom stereocenters. The van der Waals surface area contributed by atoms with Crippen LogP contribution in [0.5, 0.6) is 5.75 Å². The number of piperidine rings is 1. The van der Waals surface area contributed by atoms with E-state index in [1.54, 1.807) is 19.1 Å². The molecule has 1 amide bonds. The number of hydrogen-bond acceptors (Lipinski definition) is 6. The Morgan fingerprint density at radius 1 is 1.07 bits per heavy atom. The van der Waals surface area contributed by atoms with Gasteiger partial charge in [-0.25, -0.2) is 4.68 Å². The molecule has 0 bridgehead atoms. The lowest BCUT2D eigenvalue weighted by molar-refractivity contribution is -0.122. The molecule has 2 aromatic carbocycles. The molecule has 8 heteroatoms. The second-order valence-corrected chi connectivity index (χ2v) is 7.10. The van der Waals surface area contributed by atoms with E-state index in [4.69, 9.17) is 4.74 Å². The summed E-state index contributed by atoms with van der Waals surface area (Å²) in [5, 5.41) is 14.0.